The fraction of sp³-hybridized carbons (Fsp3) is 0.464. The van der Waals surface area contributed by atoms with Crippen LogP contribution in [0.3, 0.4) is 0 Å². The van der Waals surface area contributed by atoms with Crippen molar-refractivity contribution in [1.29, 1.82) is 0 Å². The molecule has 1 fully saturated rings. The fourth-order valence-corrected chi connectivity index (χ4v) is 5.04. The SMILES string of the molecule is CC(CCCC(=O)O)NC(=O)CC(CNC(=O)OCC1c2ccccc2-c2ccccc21)C1CC1. The molecule has 2 aromatic rings. The minimum Gasteiger partial charge on any atom is -0.481 e. The van der Waals surface area contributed by atoms with Gasteiger partial charge in [0.05, 0.1) is 0 Å². The van der Waals surface area contributed by atoms with Crippen LogP contribution >= 0.6 is 0 Å². The number of carbonyl (C=O) groups excluding carboxylic acids is 2. The van der Waals surface area contributed by atoms with Gasteiger partial charge in [-0.1, -0.05) is 48.5 Å². The van der Waals surface area contributed by atoms with E-state index < -0.39 is 12.1 Å². The number of aliphatic carboxylic acids is 1. The Bertz CT molecular complexity index is 1020. The molecule has 4 rings (SSSR count). The molecule has 2 unspecified atom stereocenters. The molecule has 35 heavy (non-hydrogen) atoms. The highest BCUT2D eigenvalue weighted by Gasteiger charge is 2.33. The highest BCUT2D eigenvalue weighted by Crippen LogP contribution is 2.44. The van der Waals surface area contributed by atoms with Gasteiger partial charge >= 0.3 is 12.1 Å². The number of fused-ring (bicyclic) bond motifs is 3. The van der Waals surface area contributed by atoms with Crippen LogP contribution < -0.4 is 10.6 Å². The van der Waals surface area contributed by atoms with Crippen molar-refractivity contribution in [2.45, 2.75) is 57.4 Å². The summed E-state index contributed by atoms with van der Waals surface area (Å²) in [7, 11) is 0. The molecule has 2 aliphatic carbocycles. The Morgan fingerprint density at radius 1 is 1.03 bits per heavy atom. The third kappa shape index (κ3) is 6.62. The van der Waals surface area contributed by atoms with Crippen LogP contribution in [-0.2, 0) is 14.3 Å². The number of carboxylic acids is 1. The molecule has 2 aliphatic rings. The van der Waals surface area contributed by atoms with E-state index in [1.165, 1.54) is 22.3 Å². The Labute approximate surface area is 206 Å². The highest BCUT2D eigenvalue weighted by atomic mass is 16.5. The first-order valence-electron chi connectivity index (χ1n) is 12.5. The van der Waals surface area contributed by atoms with Crippen molar-refractivity contribution in [3.8, 4) is 11.1 Å². The van der Waals surface area contributed by atoms with Crippen molar-refractivity contribution in [2.24, 2.45) is 11.8 Å². The summed E-state index contributed by atoms with van der Waals surface area (Å²) in [5.41, 5.74) is 4.72. The number of carboxylic acid groups (broad SMARTS) is 1. The van der Waals surface area contributed by atoms with E-state index in [1.807, 2.05) is 31.2 Å². The topological polar surface area (TPSA) is 105 Å². The molecule has 7 nitrogen and oxygen atoms in total. The van der Waals surface area contributed by atoms with E-state index in [9.17, 15) is 14.4 Å². The van der Waals surface area contributed by atoms with Crippen LogP contribution in [0.15, 0.2) is 48.5 Å². The van der Waals surface area contributed by atoms with Crippen molar-refractivity contribution >= 4 is 18.0 Å². The molecule has 2 aromatic carbocycles. The normalized spacial score (nSPS) is 16.0. The zero-order chi connectivity index (χ0) is 24.8. The first-order valence-corrected chi connectivity index (χ1v) is 12.5. The summed E-state index contributed by atoms with van der Waals surface area (Å²) >= 11 is 0. The van der Waals surface area contributed by atoms with Gasteiger partial charge in [-0.15, -0.1) is 0 Å². The molecule has 7 heteroatoms. The van der Waals surface area contributed by atoms with Gasteiger partial charge in [-0.3, -0.25) is 9.59 Å². The predicted molar refractivity (Wildman–Crippen MR) is 133 cm³/mol. The van der Waals surface area contributed by atoms with Crippen molar-refractivity contribution in [3.63, 3.8) is 0 Å². The van der Waals surface area contributed by atoms with Crippen LogP contribution in [0, 0.1) is 11.8 Å². The molecule has 186 valence electrons. The molecule has 0 spiro atoms. The van der Waals surface area contributed by atoms with Crippen molar-refractivity contribution in [1.82, 2.24) is 10.6 Å². The average Bonchev–Trinajstić information content (AvgIpc) is 3.63. The minimum absolute atomic E-state index is 0.0146. The lowest BCUT2D eigenvalue weighted by atomic mass is 9.98. The average molecular weight is 479 g/mol. The predicted octanol–water partition coefficient (Wildman–Crippen LogP) is 4.70. The number of nitrogens with one attached hydrogen (secondary N) is 2. The second kappa shape index (κ2) is 11.4. The molecule has 0 saturated heterocycles. The zero-order valence-corrected chi connectivity index (χ0v) is 20.2. The van der Waals surface area contributed by atoms with Gasteiger partial charge in [0.15, 0.2) is 0 Å². The Morgan fingerprint density at radius 3 is 2.26 bits per heavy atom. The molecular formula is C28H34N2O5. The zero-order valence-electron chi connectivity index (χ0n) is 20.2. The van der Waals surface area contributed by atoms with Crippen LogP contribution in [0.25, 0.3) is 11.1 Å². The maximum Gasteiger partial charge on any atom is 0.407 e. The van der Waals surface area contributed by atoms with Crippen molar-refractivity contribution < 1.29 is 24.2 Å². The van der Waals surface area contributed by atoms with E-state index in [2.05, 4.69) is 34.9 Å². The van der Waals surface area contributed by atoms with E-state index >= 15 is 0 Å². The second-order valence-electron chi connectivity index (χ2n) is 9.76. The number of alkyl carbamates (subject to hydrolysis) is 1. The van der Waals surface area contributed by atoms with Crippen LogP contribution in [0.2, 0.25) is 0 Å². The van der Waals surface area contributed by atoms with Gasteiger partial charge in [0.1, 0.15) is 6.61 Å². The van der Waals surface area contributed by atoms with Crippen LogP contribution in [0.4, 0.5) is 4.79 Å². The first-order chi connectivity index (χ1) is 16.9. The van der Waals surface area contributed by atoms with Gasteiger partial charge in [0, 0.05) is 31.3 Å². The van der Waals surface area contributed by atoms with E-state index in [-0.39, 0.29) is 36.8 Å². The monoisotopic (exact) mass is 478 g/mol. The number of carbonyl (C=O) groups is 3. The third-order valence-electron chi connectivity index (χ3n) is 7.02. The lowest BCUT2D eigenvalue weighted by Gasteiger charge is -2.20. The van der Waals surface area contributed by atoms with Gasteiger partial charge in [0.25, 0.3) is 0 Å². The smallest absolute Gasteiger partial charge is 0.407 e. The summed E-state index contributed by atoms with van der Waals surface area (Å²) in [6, 6.07) is 16.4. The van der Waals surface area contributed by atoms with E-state index in [0.29, 0.717) is 31.7 Å². The number of rotatable bonds is 12. The number of hydrogen-bond acceptors (Lipinski definition) is 4. The molecule has 0 bridgehead atoms. The van der Waals surface area contributed by atoms with Gasteiger partial charge in [-0.05, 0) is 66.7 Å². The summed E-state index contributed by atoms with van der Waals surface area (Å²) in [5.74, 6) is -0.352. The molecule has 1 saturated carbocycles. The van der Waals surface area contributed by atoms with Crippen LogP contribution in [-0.4, -0.2) is 42.3 Å². The summed E-state index contributed by atoms with van der Waals surface area (Å²) in [5, 5.41) is 14.6. The molecule has 0 heterocycles. The Balaban J connectivity index is 1.24. The lowest BCUT2D eigenvalue weighted by molar-refractivity contribution is -0.137. The number of hydrogen-bond donors (Lipinski definition) is 3. The number of benzene rings is 2. The Kier molecular flexibility index (Phi) is 8.06. The minimum atomic E-state index is -0.823. The van der Waals surface area contributed by atoms with E-state index in [0.717, 1.165) is 12.8 Å². The van der Waals surface area contributed by atoms with E-state index in [4.69, 9.17) is 9.84 Å². The number of amides is 2. The summed E-state index contributed by atoms with van der Waals surface area (Å²) < 4.78 is 5.62. The van der Waals surface area contributed by atoms with E-state index in [1.54, 1.807) is 0 Å². The maximum atomic E-state index is 12.5. The molecule has 2 atom stereocenters. The van der Waals surface area contributed by atoms with Gasteiger partial charge < -0.3 is 20.5 Å². The molecule has 0 aromatic heterocycles. The molecular weight excluding hydrogens is 444 g/mol. The standard InChI is InChI=1S/C28H34N2O5/c1-18(7-6-12-27(32)33)30-26(31)15-20(19-13-14-19)16-29-28(34)35-17-25-23-10-4-2-8-21(23)22-9-3-5-11-24(22)25/h2-5,8-11,18-20,25H,6-7,12-17H2,1H3,(H,29,34)(H,30,31)(H,32,33). The quantitative estimate of drug-likeness (QED) is 0.410. The molecule has 0 aliphatic heterocycles. The van der Waals surface area contributed by atoms with Gasteiger partial charge in [-0.25, -0.2) is 4.79 Å². The van der Waals surface area contributed by atoms with Crippen molar-refractivity contribution in [2.75, 3.05) is 13.2 Å². The number of ether oxygens (including phenoxy) is 1. The van der Waals surface area contributed by atoms with Gasteiger partial charge in [-0.2, -0.15) is 0 Å². The lowest BCUT2D eigenvalue weighted by Crippen LogP contribution is -2.37. The first kappa shape index (κ1) is 24.8. The van der Waals surface area contributed by atoms with Crippen LogP contribution in [0.1, 0.15) is 62.5 Å². The summed E-state index contributed by atoms with van der Waals surface area (Å²) in [4.78, 5) is 35.7. The van der Waals surface area contributed by atoms with Crippen LogP contribution in [0.5, 0.6) is 0 Å². The second-order valence-corrected chi connectivity index (χ2v) is 9.76. The van der Waals surface area contributed by atoms with Gasteiger partial charge in [0.2, 0.25) is 5.91 Å². The summed E-state index contributed by atoms with van der Waals surface area (Å²) in [6.45, 7) is 2.56. The molecule has 0 radical (unpaired) electrons. The maximum absolute atomic E-state index is 12.5. The summed E-state index contributed by atoms with van der Waals surface area (Å²) in [6.07, 6.45) is 3.29. The highest BCUT2D eigenvalue weighted by molar-refractivity contribution is 5.79. The third-order valence-corrected chi connectivity index (χ3v) is 7.02. The largest absolute Gasteiger partial charge is 0.481 e. The Hall–Kier alpha value is -3.35. The molecule has 3 N–H and O–H groups in total. The molecule has 2 amide bonds. The fourth-order valence-electron chi connectivity index (χ4n) is 5.04. The van der Waals surface area contributed by atoms with Crippen molar-refractivity contribution in [3.05, 3.63) is 59.7 Å². The Morgan fingerprint density at radius 2 is 1.66 bits per heavy atom.